The van der Waals surface area contributed by atoms with Gasteiger partial charge in [-0.1, -0.05) is 53.6 Å². The number of aromatic amines is 2. The molecule has 7 aromatic rings. The minimum Gasteiger partial charge on any atom is -0.354 e. The van der Waals surface area contributed by atoms with E-state index in [1.54, 1.807) is 54.6 Å². The Labute approximate surface area is 367 Å². The van der Waals surface area contributed by atoms with Gasteiger partial charge >= 0.3 is 5.97 Å². The molecule has 0 aliphatic carbocycles. The average molecular weight is 915 g/mol. The SMILES string of the molecule is O=C(OO)c1ccc(-c2c3nc(c(-c4ccc(S(=O)(=O)O)cc4)c4ccc([nH]4)c(-c4ccc(S(=O)(=O)O)cc4)c4nc(c(-c5ccc(SOOO)cc5)c5ccc2[nH]5)C=C4)C=C3)cc1. The van der Waals surface area contributed by atoms with Crippen LogP contribution in [0.2, 0.25) is 0 Å². The Kier molecular flexibility index (Phi) is 11.2. The predicted octanol–water partition coefficient (Wildman–Crippen LogP) is 9.88. The van der Waals surface area contributed by atoms with Crippen molar-refractivity contribution in [3.8, 4) is 44.5 Å². The van der Waals surface area contributed by atoms with Gasteiger partial charge in [-0.15, -0.1) is 4.33 Å². The standard InChI is InChI=1S/C45H30N4O12S3/c50-45(59-51)29-3-1-25(2-4-29)41-33-17-19-35(46-33)42(26-5-11-30(12-6-26)62-61-60-52)36-20-22-38(48-36)44(28-9-15-32(16-10-28)64(56,57)58)40-24-23-39(49-40)43(37-21-18-34(41)47-37)27-7-13-31(14-8-27)63(53,54)55/h1-24,46,49,51-52H,(H,53,54,55)(H,56,57,58). The summed E-state index contributed by atoms with van der Waals surface area (Å²) in [6.45, 7) is 0. The third kappa shape index (κ3) is 8.29. The summed E-state index contributed by atoms with van der Waals surface area (Å²) >= 11 is 0.799. The highest BCUT2D eigenvalue weighted by molar-refractivity contribution is 7.94. The molecule has 0 spiro atoms. The van der Waals surface area contributed by atoms with Gasteiger partial charge in [-0.05, 0) is 119 Å². The topological polar surface area (TPSA) is 251 Å². The van der Waals surface area contributed by atoms with Crippen molar-refractivity contribution in [1.29, 1.82) is 0 Å². The number of benzene rings is 4. The number of aromatic nitrogens is 4. The van der Waals surface area contributed by atoms with Crippen molar-refractivity contribution in [3.63, 3.8) is 0 Å². The molecule has 64 heavy (non-hydrogen) atoms. The van der Waals surface area contributed by atoms with Crippen molar-refractivity contribution in [2.75, 3.05) is 0 Å². The Hall–Kier alpha value is -7.04. The van der Waals surface area contributed by atoms with E-state index in [1.165, 1.54) is 36.4 Å². The summed E-state index contributed by atoms with van der Waals surface area (Å²) in [4.78, 5) is 33.5. The zero-order valence-corrected chi connectivity index (χ0v) is 35.0. The first kappa shape index (κ1) is 42.3. The smallest absolute Gasteiger partial charge is 0.354 e. The molecule has 0 radical (unpaired) electrons. The van der Waals surface area contributed by atoms with Crippen LogP contribution >= 0.6 is 12.0 Å². The van der Waals surface area contributed by atoms with E-state index in [0.717, 1.165) is 17.6 Å². The first-order chi connectivity index (χ1) is 30.8. The molecule has 0 saturated heterocycles. The molecule has 2 aliphatic heterocycles. The van der Waals surface area contributed by atoms with Gasteiger partial charge in [-0.2, -0.15) is 22.1 Å². The summed E-state index contributed by atoms with van der Waals surface area (Å²) < 4.78 is 72.4. The molecule has 9 rings (SSSR count). The molecule has 3 aromatic heterocycles. The summed E-state index contributed by atoms with van der Waals surface area (Å²) in [5.74, 6) is -0.939. The third-order valence-corrected chi connectivity index (χ3v) is 12.8. The lowest BCUT2D eigenvalue weighted by Crippen LogP contribution is -2.00. The number of nitrogens with zero attached hydrogens (tertiary/aromatic N) is 2. The van der Waals surface area contributed by atoms with Crippen LogP contribution in [-0.2, 0) is 34.5 Å². The van der Waals surface area contributed by atoms with Crippen molar-refractivity contribution < 1.29 is 55.5 Å². The quantitative estimate of drug-likeness (QED) is 0.0323. The molecular weight excluding hydrogens is 885 g/mol. The molecule has 4 aromatic carbocycles. The van der Waals surface area contributed by atoms with Crippen molar-refractivity contribution >= 4 is 84.6 Å². The Bertz CT molecular complexity index is 3460. The van der Waals surface area contributed by atoms with Crippen molar-refractivity contribution in [3.05, 3.63) is 150 Å². The summed E-state index contributed by atoms with van der Waals surface area (Å²) in [5.41, 5.74) is 9.30. The first-order valence-electron chi connectivity index (χ1n) is 18.8. The van der Waals surface area contributed by atoms with Gasteiger partial charge in [0.25, 0.3) is 20.2 Å². The molecule has 0 saturated carbocycles. The molecule has 16 nitrogen and oxygen atoms in total. The number of rotatable bonds is 10. The minimum atomic E-state index is -4.52. The molecule has 2 aliphatic rings. The Morgan fingerprint density at radius 2 is 0.812 bits per heavy atom. The van der Waals surface area contributed by atoms with Gasteiger partial charge < -0.3 is 9.97 Å². The van der Waals surface area contributed by atoms with E-state index < -0.39 is 26.2 Å². The molecule has 0 amide bonds. The fourth-order valence-corrected chi connectivity index (χ4v) is 8.88. The molecule has 8 bridgehead atoms. The highest BCUT2D eigenvalue weighted by Crippen LogP contribution is 2.39. The first-order valence-corrected chi connectivity index (χ1v) is 22.4. The van der Waals surface area contributed by atoms with E-state index in [-0.39, 0.29) is 15.4 Å². The predicted molar refractivity (Wildman–Crippen MR) is 239 cm³/mol. The van der Waals surface area contributed by atoms with Gasteiger partial charge in [0.15, 0.2) is 0 Å². The van der Waals surface area contributed by atoms with E-state index >= 15 is 0 Å². The number of carbonyl (C=O) groups is 1. The number of nitrogens with one attached hydrogen (secondary N) is 2. The zero-order valence-electron chi connectivity index (χ0n) is 32.5. The normalized spacial score (nSPS) is 12.4. The fourth-order valence-electron chi connectivity index (χ4n) is 7.56. The van der Waals surface area contributed by atoms with Gasteiger partial charge in [-0.3, -0.25) is 14.0 Å². The Morgan fingerprint density at radius 1 is 0.484 bits per heavy atom. The average Bonchev–Trinajstić information content (AvgIpc) is 4.14. The van der Waals surface area contributed by atoms with E-state index in [2.05, 4.69) is 24.2 Å². The van der Waals surface area contributed by atoms with E-state index in [9.17, 15) is 30.7 Å². The lowest BCUT2D eigenvalue weighted by Gasteiger charge is -2.08. The van der Waals surface area contributed by atoms with Crippen LogP contribution in [0.5, 0.6) is 0 Å². The van der Waals surface area contributed by atoms with E-state index in [1.807, 2.05) is 54.6 Å². The third-order valence-electron chi connectivity index (χ3n) is 10.4. The van der Waals surface area contributed by atoms with Crippen LogP contribution in [0.15, 0.2) is 136 Å². The monoisotopic (exact) mass is 914 g/mol. The molecule has 6 N–H and O–H groups in total. The highest BCUT2D eigenvalue weighted by Gasteiger charge is 2.21. The number of hydrogen-bond donors (Lipinski definition) is 6. The van der Waals surface area contributed by atoms with Crippen molar-refractivity contribution in [1.82, 2.24) is 19.9 Å². The minimum absolute atomic E-state index is 0.103. The second-order valence-corrected chi connectivity index (χ2v) is 17.8. The molecule has 19 heteroatoms. The molecule has 0 unspecified atom stereocenters. The second kappa shape index (κ2) is 16.9. The second-order valence-electron chi connectivity index (χ2n) is 14.2. The van der Waals surface area contributed by atoms with Crippen LogP contribution in [0.3, 0.4) is 0 Å². The maximum absolute atomic E-state index is 12.2. The van der Waals surface area contributed by atoms with E-state index in [0.29, 0.717) is 88.7 Å². The lowest BCUT2D eigenvalue weighted by molar-refractivity contribution is -0.432. The maximum Gasteiger partial charge on any atom is 0.372 e. The van der Waals surface area contributed by atoms with Crippen LogP contribution in [0.25, 0.3) is 90.9 Å². The van der Waals surface area contributed by atoms with Crippen LogP contribution in [0.4, 0.5) is 0 Å². The van der Waals surface area contributed by atoms with E-state index in [4.69, 9.17) is 20.5 Å². The summed E-state index contributed by atoms with van der Waals surface area (Å²) in [6, 6.07) is 32.3. The Balaban J connectivity index is 1.41. The van der Waals surface area contributed by atoms with Gasteiger partial charge in [0.1, 0.15) is 0 Å². The highest BCUT2D eigenvalue weighted by atomic mass is 32.2. The summed E-state index contributed by atoms with van der Waals surface area (Å²) in [7, 11) is -9.03. The van der Waals surface area contributed by atoms with Crippen LogP contribution in [-0.4, -0.2) is 62.4 Å². The number of fused-ring (bicyclic) bond motifs is 8. The number of hydrogen-bond acceptors (Lipinski definition) is 13. The molecule has 0 fully saturated rings. The number of H-pyrrole nitrogens is 2. The fraction of sp³-hybridized carbons (Fsp3) is 0. The van der Waals surface area contributed by atoms with Gasteiger partial charge in [0, 0.05) is 49.2 Å². The maximum atomic E-state index is 12.2. The largest absolute Gasteiger partial charge is 0.372 e. The van der Waals surface area contributed by atoms with Crippen LogP contribution < -0.4 is 0 Å². The van der Waals surface area contributed by atoms with Crippen molar-refractivity contribution in [2.45, 2.75) is 14.7 Å². The van der Waals surface area contributed by atoms with Gasteiger partial charge in [0.05, 0.1) is 50.2 Å². The van der Waals surface area contributed by atoms with Crippen molar-refractivity contribution in [2.24, 2.45) is 0 Å². The van der Waals surface area contributed by atoms with Gasteiger partial charge in [0.2, 0.25) is 0 Å². The summed E-state index contributed by atoms with van der Waals surface area (Å²) in [5, 5.41) is 21.5. The van der Waals surface area contributed by atoms with Crippen LogP contribution in [0, 0.1) is 0 Å². The lowest BCUT2D eigenvalue weighted by atomic mass is 10.0. The molecular formula is C45H30N4O12S3. The molecule has 5 heterocycles. The Morgan fingerprint density at radius 3 is 1.12 bits per heavy atom. The molecule has 0 atom stereocenters. The molecule has 320 valence electrons. The summed E-state index contributed by atoms with van der Waals surface area (Å²) in [6.07, 6.45) is 7.27. The van der Waals surface area contributed by atoms with Crippen LogP contribution in [0.1, 0.15) is 33.1 Å². The number of carbonyl (C=O) groups excluding carboxylic acids is 1. The van der Waals surface area contributed by atoms with Gasteiger partial charge in [-0.25, -0.2) is 20.0 Å². The zero-order chi connectivity index (χ0) is 44.8.